The second-order valence-corrected chi connectivity index (χ2v) is 6.64. The van der Waals surface area contributed by atoms with E-state index in [-0.39, 0.29) is 5.54 Å². The Bertz CT molecular complexity index is 300. The van der Waals surface area contributed by atoms with Gasteiger partial charge in [-0.2, -0.15) is 0 Å². The number of likely N-dealkylation sites (tertiary alicyclic amines) is 1. The van der Waals surface area contributed by atoms with Gasteiger partial charge < -0.3 is 4.90 Å². The summed E-state index contributed by atoms with van der Waals surface area (Å²) in [4.78, 5) is 14.5. The van der Waals surface area contributed by atoms with Gasteiger partial charge in [-0.05, 0) is 57.8 Å². The zero-order valence-electron chi connectivity index (χ0n) is 9.99. The van der Waals surface area contributed by atoms with E-state index in [0.717, 1.165) is 18.4 Å². The molecule has 2 aliphatic carbocycles. The number of hydrogen-bond acceptors (Lipinski definition) is 1. The van der Waals surface area contributed by atoms with Crippen molar-refractivity contribution in [2.45, 2.75) is 45.6 Å². The highest BCUT2D eigenvalue weighted by Crippen LogP contribution is 2.56. The van der Waals surface area contributed by atoms with Gasteiger partial charge in [-0.15, -0.1) is 0 Å². The van der Waals surface area contributed by atoms with Crippen LogP contribution in [0, 0.1) is 23.7 Å². The van der Waals surface area contributed by atoms with Crippen LogP contribution in [0.15, 0.2) is 0 Å². The average Bonchev–Trinajstić information content (AvgIpc) is 2.73. The van der Waals surface area contributed by atoms with Gasteiger partial charge in [0.25, 0.3) is 0 Å². The molecule has 3 aliphatic rings. The molecule has 0 radical (unpaired) electrons. The van der Waals surface area contributed by atoms with Crippen molar-refractivity contribution in [3.05, 3.63) is 0 Å². The van der Waals surface area contributed by atoms with Crippen molar-refractivity contribution in [2.75, 3.05) is 6.54 Å². The summed E-state index contributed by atoms with van der Waals surface area (Å²) in [6.45, 7) is 7.52. The van der Waals surface area contributed by atoms with E-state index >= 15 is 0 Å². The molecule has 1 aliphatic heterocycles. The molecule has 15 heavy (non-hydrogen) atoms. The molecule has 3 rings (SSSR count). The highest BCUT2D eigenvalue weighted by molar-refractivity contribution is 5.83. The van der Waals surface area contributed by atoms with Gasteiger partial charge in [0, 0.05) is 18.0 Å². The Balaban J connectivity index is 1.88. The smallest absolute Gasteiger partial charge is 0.226 e. The lowest BCUT2D eigenvalue weighted by molar-refractivity contribution is -0.136. The fourth-order valence-electron chi connectivity index (χ4n) is 4.14. The van der Waals surface area contributed by atoms with E-state index in [1.165, 1.54) is 19.3 Å². The maximum atomic E-state index is 12.3. The molecule has 2 bridgehead atoms. The van der Waals surface area contributed by atoms with Gasteiger partial charge in [-0.1, -0.05) is 0 Å². The molecule has 2 saturated carbocycles. The van der Waals surface area contributed by atoms with Crippen molar-refractivity contribution in [2.24, 2.45) is 23.7 Å². The van der Waals surface area contributed by atoms with Crippen LogP contribution in [0.25, 0.3) is 0 Å². The van der Waals surface area contributed by atoms with Crippen molar-refractivity contribution < 1.29 is 4.79 Å². The van der Waals surface area contributed by atoms with Crippen LogP contribution >= 0.6 is 0 Å². The molecule has 84 valence electrons. The highest BCUT2D eigenvalue weighted by atomic mass is 16.2. The Hall–Kier alpha value is -0.530. The number of nitrogens with zero attached hydrogens (tertiary/aromatic N) is 1. The molecule has 4 unspecified atom stereocenters. The summed E-state index contributed by atoms with van der Waals surface area (Å²) in [7, 11) is 0. The molecule has 0 aromatic heterocycles. The zero-order chi connectivity index (χ0) is 10.8. The third kappa shape index (κ3) is 1.20. The fourth-order valence-corrected chi connectivity index (χ4v) is 4.14. The first kappa shape index (κ1) is 9.68. The van der Waals surface area contributed by atoms with Crippen LogP contribution in [0.3, 0.4) is 0 Å². The predicted molar refractivity (Wildman–Crippen MR) is 59.3 cm³/mol. The Labute approximate surface area is 92.0 Å². The van der Waals surface area contributed by atoms with Crippen molar-refractivity contribution >= 4 is 5.91 Å². The molecule has 0 aromatic rings. The van der Waals surface area contributed by atoms with E-state index in [1.807, 2.05) is 0 Å². The van der Waals surface area contributed by atoms with Crippen LogP contribution in [-0.4, -0.2) is 22.9 Å². The van der Waals surface area contributed by atoms with Crippen molar-refractivity contribution in [3.63, 3.8) is 0 Å². The summed E-state index contributed by atoms with van der Waals surface area (Å²) in [5.74, 6) is 3.18. The normalized spacial score (nSPS) is 43.9. The van der Waals surface area contributed by atoms with Crippen LogP contribution in [0.5, 0.6) is 0 Å². The van der Waals surface area contributed by atoms with E-state index < -0.39 is 0 Å². The number of carbonyl (C=O) groups is 1. The minimum absolute atomic E-state index is 0.0286. The quantitative estimate of drug-likeness (QED) is 0.597. The molecule has 1 saturated heterocycles. The van der Waals surface area contributed by atoms with Gasteiger partial charge in [-0.25, -0.2) is 0 Å². The van der Waals surface area contributed by atoms with E-state index in [9.17, 15) is 4.79 Å². The zero-order valence-corrected chi connectivity index (χ0v) is 9.99. The first-order chi connectivity index (χ1) is 6.98. The minimum Gasteiger partial charge on any atom is -0.337 e. The molecule has 3 fully saturated rings. The highest BCUT2D eigenvalue weighted by Gasteiger charge is 2.57. The molecule has 0 N–H and O–H groups in total. The van der Waals surface area contributed by atoms with Gasteiger partial charge in [0.15, 0.2) is 0 Å². The van der Waals surface area contributed by atoms with E-state index in [1.54, 1.807) is 0 Å². The SMILES string of the molecule is CC(C)(C)N1CC2C3CCC(C3)C2C1=O. The van der Waals surface area contributed by atoms with Crippen molar-refractivity contribution in [1.29, 1.82) is 0 Å². The van der Waals surface area contributed by atoms with Crippen LogP contribution < -0.4 is 0 Å². The van der Waals surface area contributed by atoms with E-state index in [0.29, 0.717) is 17.7 Å². The molecule has 4 atom stereocenters. The van der Waals surface area contributed by atoms with Gasteiger partial charge in [0.1, 0.15) is 0 Å². The summed E-state index contributed by atoms with van der Waals surface area (Å²) in [6, 6.07) is 0. The fraction of sp³-hybridized carbons (Fsp3) is 0.923. The van der Waals surface area contributed by atoms with Crippen LogP contribution in [0.4, 0.5) is 0 Å². The van der Waals surface area contributed by atoms with Crippen LogP contribution in [-0.2, 0) is 4.79 Å². The third-order valence-electron chi connectivity index (χ3n) is 4.84. The first-order valence-electron chi connectivity index (χ1n) is 6.30. The molecule has 0 spiro atoms. The van der Waals surface area contributed by atoms with Gasteiger partial charge in [0.05, 0.1) is 0 Å². The van der Waals surface area contributed by atoms with Crippen molar-refractivity contribution in [1.82, 2.24) is 4.90 Å². The summed E-state index contributed by atoms with van der Waals surface area (Å²) in [6.07, 6.45) is 4.05. The molecule has 2 nitrogen and oxygen atoms in total. The Morgan fingerprint density at radius 3 is 2.47 bits per heavy atom. The maximum absolute atomic E-state index is 12.3. The van der Waals surface area contributed by atoms with Crippen LogP contribution in [0.2, 0.25) is 0 Å². The number of carbonyl (C=O) groups excluding carboxylic acids is 1. The lowest BCUT2D eigenvalue weighted by atomic mass is 9.81. The molecule has 1 heterocycles. The van der Waals surface area contributed by atoms with Gasteiger partial charge >= 0.3 is 0 Å². The summed E-state index contributed by atoms with van der Waals surface area (Å²) < 4.78 is 0. The lowest BCUT2D eigenvalue weighted by Gasteiger charge is -2.33. The monoisotopic (exact) mass is 207 g/mol. The molecule has 2 heteroatoms. The van der Waals surface area contributed by atoms with Crippen LogP contribution in [0.1, 0.15) is 40.0 Å². The minimum atomic E-state index is 0.0286. The summed E-state index contributed by atoms with van der Waals surface area (Å²) in [5, 5.41) is 0. The Kier molecular flexibility index (Phi) is 1.79. The topological polar surface area (TPSA) is 20.3 Å². The third-order valence-corrected chi connectivity index (χ3v) is 4.84. The van der Waals surface area contributed by atoms with Crippen molar-refractivity contribution in [3.8, 4) is 0 Å². The van der Waals surface area contributed by atoms with Gasteiger partial charge in [-0.3, -0.25) is 4.79 Å². The van der Waals surface area contributed by atoms with Gasteiger partial charge in [0.2, 0.25) is 5.91 Å². The lowest BCUT2D eigenvalue weighted by Crippen LogP contribution is -2.43. The molecular formula is C13H21NO. The van der Waals surface area contributed by atoms with E-state index in [4.69, 9.17) is 0 Å². The average molecular weight is 207 g/mol. The largest absolute Gasteiger partial charge is 0.337 e. The first-order valence-corrected chi connectivity index (χ1v) is 6.30. The predicted octanol–water partition coefficient (Wildman–Crippen LogP) is 2.29. The Morgan fingerprint density at radius 2 is 1.87 bits per heavy atom. The summed E-state index contributed by atoms with van der Waals surface area (Å²) >= 11 is 0. The standard InChI is InChI=1S/C13H21NO/c1-13(2,3)14-7-10-8-4-5-9(6-8)11(10)12(14)15/h8-11H,4-7H2,1-3H3. The number of rotatable bonds is 0. The Morgan fingerprint density at radius 1 is 1.20 bits per heavy atom. The van der Waals surface area contributed by atoms with E-state index in [2.05, 4.69) is 25.7 Å². The second-order valence-electron chi connectivity index (χ2n) is 6.64. The molecule has 0 aromatic carbocycles. The summed E-state index contributed by atoms with van der Waals surface area (Å²) in [5.41, 5.74) is 0.0286. The number of amides is 1. The molecular weight excluding hydrogens is 186 g/mol. The number of fused-ring (bicyclic) bond motifs is 5. The second kappa shape index (κ2) is 2.78. The number of hydrogen-bond donors (Lipinski definition) is 0. The maximum Gasteiger partial charge on any atom is 0.226 e. The molecule has 1 amide bonds.